The minimum Gasteiger partial charge on any atom is -0.345 e. The van der Waals surface area contributed by atoms with Crippen LogP contribution in [0.25, 0.3) is 0 Å². The van der Waals surface area contributed by atoms with Crippen molar-refractivity contribution in [1.82, 2.24) is 4.90 Å². The number of hydrogen-bond donors (Lipinski definition) is 0. The van der Waals surface area contributed by atoms with E-state index in [-0.39, 0.29) is 5.91 Å². The summed E-state index contributed by atoms with van der Waals surface area (Å²) < 4.78 is 0. The van der Waals surface area contributed by atoms with Gasteiger partial charge in [0.2, 0.25) is 5.91 Å². The predicted octanol–water partition coefficient (Wildman–Crippen LogP) is 1.87. The Bertz CT molecular complexity index is 166. The molecular formula is C9H16ClNO. The summed E-state index contributed by atoms with van der Waals surface area (Å²) in [5.41, 5.74) is 0. The number of amides is 1. The summed E-state index contributed by atoms with van der Waals surface area (Å²) in [5, 5.41) is 0.361. The molecule has 0 radical (unpaired) electrons. The van der Waals surface area contributed by atoms with Crippen molar-refractivity contribution in [3.8, 4) is 0 Å². The van der Waals surface area contributed by atoms with E-state index in [0.717, 1.165) is 19.4 Å². The zero-order valence-electron chi connectivity index (χ0n) is 7.72. The molecule has 0 heterocycles. The Labute approximate surface area is 78.9 Å². The molecule has 12 heavy (non-hydrogen) atoms. The highest BCUT2D eigenvalue weighted by Crippen LogP contribution is 2.32. The van der Waals surface area contributed by atoms with Crippen LogP contribution in [0.2, 0.25) is 0 Å². The van der Waals surface area contributed by atoms with Gasteiger partial charge >= 0.3 is 0 Å². The molecule has 1 aliphatic carbocycles. The van der Waals surface area contributed by atoms with Crippen LogP contribution >= 0.6 is 11.6 Å². The van der Waals surface area contributed by atoms with Crippen LogP contribution in [-0.4, -0.2) is 29.8 Å². The lowest BCUT2D eigenvalue weighted by molar-refractivity contribution is -0.130. The quantitative estimate of drug-likeness (QED) is 0.621. The Kier molecular flexibility index (Phi) is 3.39. The molecule has 3 heteroatoms. The third-order valence-corrected chi connectivity index (χ3v) is 2.79. The van der Waals surface area contributed by atoms with E-state index in [4.69, 9.17) is 11.6 Å². The molecule has 1 saturated carbocycles. The molecule has 0 unspecified atom stereocenters. The van der Waals surface area contributed by atoms with Crippen LogP contribution in [0.5, 0.6) is 0 Å². The number of carbonyl (C=O) groups is 1. The molecule has 0 bridgehead atoms. The first kappa shape index (κ1) is 9.85. The van der Waals surface area contributed by atoms with E-state index < -0.39 is 0 Å². The molecule has 0 aromatic carbocycles. The first-order valence-corrected chi connectivity index (χ1v) is 4.95. The van der Waals surface area contributed by atoms with Gasteiger partial charge in [0.05, 0.1) is 0 Å². The molecule has 0 saturated heterocycles. The van der Waals surface area contributed by atoms with Crippen LogP contribution in [0, 0.1) is 5.92 Å². The fraction of sp³-hybridized carbons (Fsp3) is 0.889. The second kappa shape index (κ2) is 4.13. The van der Waals surface area contributed by atoms with Gasteiger partial charge in [-0.05, 0) is 18.8 Å². The zero-order valence-corrected chi connectivity index (χ0v) is 8.47. The Morgan fingerprint density at radius 2 is 2.17 bits per heavy atom. The van der Waals surface area contributed by atoms with Crippen LogP contribution in [0.4, 0.5) is 0 Å². The summed E-state index contributed by atoms with van der Waals surface area (Å²) >= 11 is 5.84. The summed E-state index contributed by atoms with van der Waals surface area (Å²) in [6.45, 7) is 2.78. The van der Waals surface area contributed by atoms with Crippen molar-refractivity contribution in [3.63, 3.8) is 0 Å². The number of carbonyl (C=O) groups excluding carboxylic acids is 1. The van der Waals surface area contributed by atoms with Crippen LogP contribution in [0.1, 0.15) is 26.2 Å². The average molecular weight is 190 g/mol. The van der Waals surface area contributed by atoms with Crippen molar-refractivity contribution in [2.75, 3.05) is 13.6 Å². The van der Waals surface area contributed by atoms with Crippen molar-refractivity contribution in [3.05, 3.63) is 0 Å². The second-order valence-electron chi connectivity index (χ2n) is 3.56. The molecule has 0 aromatic heterocycles. The third-order valence-electron chi connectivity index (χ3n) is 2.44. The molecule has 1 aliphatic rings. The van der Waals surface area contributed by atoms with Gasteiger partial charge in [0.25, 0.3) is 0 Å². The first-order valence-electron chi connectivity index (χ1n) is 4.51. The van der Waals surface area contributed by atoms with E-state index in [1.165, 1.54) is 0 Å². The summed E-state index contributed by atoms with van der Waals surface area (Å²) in [5.74, 6) is 0.876. The Hall–Kier alpha value is -0.240. The lowest BCUT2D eigenvalue weighted by atomic mass is 9.84. The fourth-order valence-electron chi connectivity index (χ4n) is 1.56. The SMILES string of the molecule is CCC(=O)N(C)CC1CC(Cl)C1. The van der Waals surface area contributed by atoms with E-state index in [0.29, 0.717) is 17.7 Å². The number of rotatable bonds is 3. The van der Waals surface area contributed by atoms with E-state index in [9.17, 15) is 4.79 Å². The highest BCUT2D eigenvalue weighted by molar-refractivity contribution is 6.21. The minimum atomic E-state index is 0.230. The first-order chi connectivity index (χ1) is 5.63. The largest absolute Gasteiger partial charge is 0.345 e. The van der Waals surface area contributed by atoms with Gasteiger partial charge in [-0.3, -0.25) is 4.79 Å². The number of hydrogen-bond acceptors (Lipinski definition) is 1. The van der Waals surface area contributed by atoms with Crippen LogP contribution in [-0.2, 0) is 4.79 Å². The van der Waals surface area contributed by atoms with E-state index in [1.54, 1.807) is 0 Å². The summed E-state index contributed by atoms with van der Waals surface area (Å²) in [4.78, 5) is 13.0. The maximum atomic E-state index is 11.2. The molecule has 0 atom stereocenters. The molecule has 0 spiro atoms. The van der Waals surface area contributed by atoms with E-state index in [1.807, 2.05) is 18.9 Å². The average Bonchev–Trinajstić information content (AvgIpc) is 2.00. The molecule has 70 valence electrons. The lowest BCUT2D eigenvalue weighted by Gasteiger charge is -2.34. The van der Waals surface area contributed by atoms with Gasteiger partial charge in [0.15, 0.2) is 0 Å². The summed E-state index contributed by atoms with van der Waals surface area (Å²) in [6.07, 6.45) is 2.75. The van der Waals surface area contributed by atoms with Crippen LogP contribution in [0.3, 0.4) is 0 Å². The monoisotopic (exact) mass is 189 g/mol. The van der Waals surface area contributed by atoms with E-state index >= 15 is 0 Å². The number of nitrogens with zero attached hydrogens (tertiary/aromatic N) is 1. The Balaban J connectivity index is 2.18. The minimum absolute atomic E-state index is 0.230. The van der Waals surface area contributed by atoms with Gasteiger partial charge in [-0.1, -0.05) is 6.92 Å². The number of halogens is 1. The van der Waals surface area contributed by atoms with Crippen molar-refractivity contribution >= 4 is 17.5 Å². The zero-order chi connectivity index (χ0) is 9.14. The highest BCUT2D eigenvalue weighted by Gasteiger charge is 2.28. The topological polar surface area (TPSA) is 20.3 Å². The van der Waals surface area contributed by atoms with Crippen LogP contribution < -0.4 is 0 Å². The normalized spacial score (nSPS) is 27.9. The van der Waals surface area contributed by atoms with Gasteiger partial charge in [-0.2, -0.15) is 0 Å². The molecule has 0 aromatic rings. The Morgan fingerprint density at radius 1 is 1.58 bits per heavy atom. The maximum absolute atomic E-state index is 11.2. The van der Waals surface area contributed by atoms with Gasteiger partial charge < -0.3 is 4.90 Å². The van der Waals surface area contributed by atoms with Crippen molar-refractivity contribution in [2.24, 2.45) is 5.92 Å². The summed E-state index contributed by atoms with van der Waals surface area (Å²) in [7, 11) is 1.87. The Morgan fingerprint density at radius 3 is 2.58 bits per heavy atom. The molecule has 1 rings (SSSR count). The standard InChI is InChI=1S/C9H16ClNO/c1-3-9(12)11(2)6-7-4-8(10)5-7/h7-8H,3-6H2,1-2H3. The highest BCUT2D eigenvalue weighted by atomic mass is 35.5. The van der Waals surface area contributed by atoms with Crippen molar-refractivity contribution in [2.45, 2.75) is 31.6 Å². The fourth-order valence-corrected chi connectivity index (χ4v) is 2.07. The molecule has 1 amide bonds. The van der Waals surface area contributed by atoms with Gasteiger partial charge in [-0.25, -0.2) is 0 Å². The molecular weight excluding hydrogens is 174 g/mol. The van der Waals surface area contributed by atoms with Crippen LogP contribution in [0.15, 0.2) is 0 Å². The molecule has 2 nitrogen and oxygen atoms in total. The van der Waals surface area contributed by atoms with Gasteiger partial charge in [0, 0.05) is 25.4 Å². The van der Waals surface area contributed by atoms with Crippen molar-refractivity contribution in [1.29, 1.82) is 0 Å². The smallest absolute Gasteiger partial charge is 0.222 e. The predicted molar refractivity (Wildman–Crippen MR) is 50.3 cm³/mol. The lowest BCUT2D eigenvalue weighted by Crippen LogP contribution is -2.37. The van der Waals surface area contributed by atoms with Gasteiger partial charge in [-0.15, -0.1) is 11.6 Å². The molecule has 1 fully saturated rings. The number of alkyl halides is 1. The van der Waals surface area contributed by atoms with E-state index in [2.05, 4.69) is 0 Å². The molecule has 0 N–H and O–H groups in total. The van der Waals surface area contributed by atoms with Crippen molar-refractivity contribution < 1.29 is 4.79 Å². The second-order valence-corrected chi connectivity index (χ2v) is 4.18. The molecule has 0 aliphatic heterocycles. The maximum Gasteiger partial charge on any atom is 0.222 e. The van der Waals surface area contributed by atoms with Gasteiger partial charge in [0.1, 0.15) is 0 Å². The summed E-state index contributed by atoms with van der Waals surface area (Å²) in [6, 6.07) is 0. The third kappa shape index (κ3) is 2.37.